The molecule has 0 N–H and O–H groups in total. The van der Waals surface area contributed by atoms with E-state index in [-0.39, 0.29) is 0 Å². The van der Waals surface area contributed by atoms with Gasteiger partial charge in [-0.15, -0.1) is 31.7 Å². The average Bonchev–Trinajstić information content (AvgIpc) is 1.72. The molecule has 0 radical (unpaired) electrons. The van der Waals surface area contributed by atoms with Gasteiger partial charge in [0, 0.05) is 123 Å². The van der Waals surface area contributed by atoms with Crippen molar-refractivity contribution in [3.05, 3.63) is 347 Å². The highest BCUT2D eigenvalue weighted by atomic mass is 35.5. The zero-order chi connectivity index (χ0) is 88.8. The van der Waals surface area contributed by atoms with Crippen molar-refractivity contribution < 1.29 is 14.0 Å². The van der Waals surface area contributed by atoms with E-state index in [4.69, 9.17) is 37.2 Å². The highest BCUT2D eigenvalue weighted by Crippen LogP contribution is 2.35. The Morgan fingerprint density at radius 3 is 1.30 bits per heavy atom. The first-order valence-electron chi connectivity index (χ1n) is 41.9. The van der Waals surface area contributed by atoms with Gasteiger partial charge in [-0.1, -0.05) is 260 Å². The maximum absolute atomic E-state index is 5.89. The van der Waals surface area contributed by atoms with Crippen molar-refractivity contribution in [3.8, 4) is 67.1 Å². The van der Waals surface area contributed by atoms with Gasteiger partial charge >= 0.3 is 0 Å². The van der Waals surface area contributed by atoms with Crippen LogP contribution >= 0.6 is 34.5 Å². The number of halogens is 2. The number of aryl methyl sites for hydroxylation is 4. The molecule has 642 valence electrons. The number of nitrogens with zero attached hydrogens (tertiary/aromatic N) is 16. The normalized spacial score (nSPS) is 10.9. The molecule has 0 fully saturated rings. The van der Waals surface area contributed by atoms with E-state index >= 15 is 0 Å². The SMILES string of the molecule is CC(C)c1nccn1-c1ccccc1.CC(C)c1ncn(C)c1-c1ccc(Cl)cc1.CC(C)c1nocc1-c1ccc(Cl)cc1.COc1ccc(-n2ccnc2C(C)C)cc1.COc1ccccc1Cn1ccnc1C(C)C.Cc1ccccc1-c1scnc1C(C)C.Cc1nnc(C(C)C)n1-c1ccccc1.Cc1nnc(C(C)C)n1-c1ccccc1. The molecule has 8 heterocycles. The molecule has 0 saturated heterocycles. The predicted octanol–water partition coefficient (Wildman–Crippen LogP) is 26.7. The number of methoxy groups -OCH3 is 2. The lowest BCUT2D eigenvalue weighted by Crippen LogP contribution is -2.06. The molecule has 8 aromatic carbocycles. The van der Waals surface area contributed by atoms with Gasteiger partial charge in [0.05, 0.1) is 60.3 Å². The smallest absolute Gasteiger partial charge is 0.140 e. The van der Waals surface area contributed by atoms with Crippen LogP contribution < -0.4 is 9.47 Å². The first kappa shape index (κ1) is 94.7. The number of imidazole rings is 4. The zero-order valence-electron chi connectivity index (χ0n) is 75.3. The molecule has 16 rings (SSSR count). The minimum atomic E-state index is 0.356. The van der Waals surface area contributed by atoms with Gasteiger partial charge in [0.15, 0.2) is 0 Å². The second kappa shape index (κ2) is 46.8. The molecule has 0 spiro atoms. The number of hydrogen-bond donors (Lipinski definition) is 0. The molecule has 0 aliphatic rings. The number of rotatable bonds is 19. The summed E-state index contributed by atoms with van der Waals surface area (Å²) >= 11 is 13.5. The summed E-state index contributed by atoms with van der Waals surface area (Å²) in [6.07, 6.45) is 15.1. The van der Waals surface area contributed by atoms with Gasteiger partial charge in [0.1, 0.15) is 58.5 Å². The number of ether oxygens (including phenoxy) is 2. The van der Waals surface area contributed by atoms with Gasteiger partial charge in [-0.05, 0) is 146 Å². The Morgan fingerprint density at radius 2 is 0.829 bits per heavy atom. The topological polar surface area (TPSA) is 190 Å². The molecule has 22 heteroatoms. The first-order valence-corrected chi connectivity index (χ1v) is 43.5. The molecule has 0 atom stereocenters. The van der Waals surface area contributed by atoms with Crippen molar-refractivity contribution in [2.45, 2.75) is 185 Å². The van der Waals surface area contributed by atoms with Gasteiger partial charge < -0.3 is 32.3 Å². The second-order valence-corrected chi connectivity index (χ2v) is 33.7. The molecule has 0 amide bonds. The Labute approximate surface area is 742 Å². The Hall–Kier alpha value is -12.1. The molecule has 19 nitrogen and oxygen atoms in total. The summed E-state index contributed by atoms with van der Waals surface area (Å²) in [5.41, 5.74) is 18.1. The molecule has 0 aliphatic carbocycles. The average molecular weight is 1710 g/mol. The van der Waals surface area contributed by atoms with Crippen LogP contribution in [0.3, 0.4) is 0 Å². The molecule has 0 unspecified atom stereocenters. The molecule has 0 bridgehead atoms. The van der Waals surface area contributed by atoms with Crippen LogP contribution in [0.1, 0.15) is 227 Å². The lowest BCUT2D eigenvalue weighted by atomic mass is 10.0. The second-order valence-electron chi connectivity index (χ2n) is 32.0. The minimum absolute atomic E-state index is 0.356. The standard InChI is InChI=1S/C14H18N2O.C13H15ClN2.C13H16N2O.C13H15NS.C12H12ClNO.2C12H15N3.C12H14N2/c1-11(2)14-15-8-9-16(14)10-12-6-4-5-7-13(12)17-3;1-9(2)12-13(16(3)8-15-12)10-4-6-11(14)7-5-10;1-10(2)13-14-8-9-15(13)11-4-6-12(16-3)7-5-11;1-9(2)12-13(15-8-14-12)11-7-5-4-6-10(11)3;1-8(2)12-11(7-15-14-12)9-3-5-10(13)6-4-9;2*1-9(2)12-14-13-10(3)15(12)11-7-5-4-6-8-11;1-10(2)12-13-8-9-14(12)11-6-4-3-5-7-11/h4-9,11H,10H2,1-3H3;4-9H,1-3H3;4-10H,1-3H3;4-9H,1-3H3;3-8H,1-2H3;2*4-9H,1-3H3;3-10H,1-2H3. The van der Waals surface area contributed by atoms with E-state index in [0.717, 1.165) is 114 Å². The van der Waals surface area contributed by atoms with Crippen LogP contribution in [0.2, 0.25) is 10.0 Å². The summed E-state index contributed by atoms with van der Waals surface area (Å²) in [6.45, 7) is 41.2. The highest BCUT2D eigenvalue weighted by molar-refractivity contribution is 7.13. The summed E-state index contributed by atoms with van der Waals surface area (Å²) < 4.78 is 28.2. The van der Waals surface area contributed by atoms with E-state index in [9.17, 15) is 0 Å². The van der Waals surface area contributed by atoms with Crippen molar-refractivity contribution in [3.63, 3.8) is 0 Å². The zero-order valence-corrected chi connectivity index (χ0v) is 77.6. The first-order chi connectivity index (χ1) is 59.1. The van der Waals surface area contributed by atoms with Gasteiger partial charge in [-0.2, -0.15) is 0 Å². The molecule has 0 aliphatic heterocycles. The fraction of sp³-hybridized carbons (Fsp3) is 0.307. The number of hydrogen-bond acceptors (Lipinski definition) is 14. The monoisotopic (exact) mass is 1710 g/mol. The van der Waals surface area contributed by atoms with Crippen molar-refractivity contribution in [1.82, 2.24) is 77.9 Å². The van der Waals surface area contributed by atoms with Crippen LogP contribution in [0, 0.1) is 20.8 Å². The molecular weight excluding hydrogens is 1590 g/mol. The van der Waals surface area contributed by atoms with E-state index < -0.39 is 0 Å². The van der Waals surface area contributed by atoms with E-state index in [2.05, 4.69) is 262 Å². The maximum Gasteiger partial charge on any atom is 0.140 e. The fourth-order valence-electron chi connectivity index (χ4n) is 13.6. The van der Waals surface area contributed by atoms with Crippen LogP contribution in [0.4, 0.5) is 0 Å². The van der Waals surface area contributed by atoms with Crippen LogP contribution in [-0.4, -0.2) is 92.1 Å². The number of para-hydroxylation sites is 4. The van der Waals surface area contributed by atoms with Gasteiger partial charge in [0.2, 0.25) is 0 Å². The molecule has 8 aromatic heterocycles. The minimum Gasteiger partial charge on any atom is -0.497 e. The predicted molar refractivity (Wildman–Crippen MR) is 506 cm³/mol. The van der Waals surface area contributed by atoms with E-state index in [1.807, 2.05) is 216 Å². The molecular formula is C101H120Cl2N16O3S. The third kappa shape index (κ3) is 26.2. The lowest BCUT2D eigenvalue weighted by molar-refractivity contribution is 0.408. The lowest BCUT2D eigenvalue weighted by Gasteiger charge is -2.12. The largest absolute Gasteiger partial charge is 0.497 e. The van der Waals surface area contributed by atoms with Crippen LogP contribution in [0.5, 0.6) is 11.5 Å². The Balaban J connectivity index is 0.000000160. The summed E-state index contributed by atoms with van der Waals surface area (Å²) in [5, 5.41) is 22.2. The molecule has 16 aromatic rings. The van der Waals surface area contributed by atoms with Crippen molar-refractivity contribution in [1.29, 1.82) is 0 Å². The number of thiazole rings is 1. The van der Waals surface area contributed by atoms with E-state index in [0.29, 0.717) is 47.3 Å². The molecule has 123 heavy (non-hydrogen) atoms. The number of benzene rings is 8. The van der Waals surface area contributed by atoms with E-state index in [1.54, 1.807) is 31.8 Å². The van der Waals surface area contributed by atoms with Crippen molar-refractivity contribution >= 4 is 34.5 Å². The maximum atomic E-state index is 5.89. The van der Waals surface area contributed by atoms with Gasteiger partial charge in [-0.3, -0.25) is 9.13 Å². The highest BCUT2D eigenvalue weighted by Gasteiger charge is 2.20. The summed E-state index contributed by atoms with van der Waals surface area (Å²) in [7, 11) is 5.39. The summed E-state index contributed by atoms with van der Waals surface area (Å²) in [4.78, 5) is 23.3. The van der Waals surface area contributed by atoms with Gasteiger partial charge in [-0.25, -0.2) is 24.9 Å². The van der Waals surface area contributed by atoms with Crippen LogP contribution in [0.15, 0.2) is 272 Å². The summed E-state index contributed by atoms with van der Waals surface area (Å²) in [6, 6.07) is 70.8. The fourth-order valence-corrected chi connectivity index (χ4v) is 14.8. The third-order valence-corrected chi connectivity index (χ3v) is 21.2. The summed E-state index contributed by atoms with van der Waals surface area (Å²) in [5.74, 6) is 12.3. The Bertz CT molecular complexity index is 5670. The molecule has 0 saturated carbocycles. The van der Waals surface area contributed by atoms with Crippen molar-refractivity contribution in [2.24, 2.45) is 7.05 Å². The van der Waals surface area contributed by atoms with E-state index in [1.165, 1.54) is 38.6 Å². The quantitative estimate of drug-likeness (QED) is 0.0744. The van der Waals surface area contributed by atoms with Crippen LogP contribution in [-0.2, 0) is 13.6 Å². The van der Waals surface area contributed by atoms with Crippen molar-refractivity contribution in [2.75, 3.05) is 14.2 Å². The third-order valence-electron chi connectivity index (χ3n) is 19.8. The van der Waals surface area contributed by atoms with Crippen LogP contribution in [0.25, 0.3) is 55.6 Å². The van der Waals surface area contributed by atoms with Gasteiger partial charge in [0.25, 0.3) is 0 Å². The Kier molecular flexibility index (Phi) is 36.0. The number of aromatic nitrogens is 16. The Morgan fingerprint density at radius 1 is 0.390 bits per heavy atom.